The number of nitrogens with zero attached hydrogens (tertiary/aromatic N) is 1. The van der Waals surface area contributed by atoms with E-state index in [0.29, 0.717) is 19.8 Å². The van der Waals surface area contributed by atoms with E-state index in [1.165, 1.54) is 12.3 Å². The minimum atomic E-state index is -0.324. The van der Waals surface area contributed by atoms with Crippen LogP contribution in [0.2, 0.25) is 0 Å². The lowest BCUT2D eigenvalue weighted by atomic mass is 10.1. The molecule has 96 valence electrons. The van der Waals surface area contributed by atoms with Gasteiger partial charge in [-0.3, -0.25) is 4.98 Å². The van der Waals surface area contributed by atoms with Crippen molar-refractivity contribution < 1.29 is 14.2 Å². The number of halogens is 1. The lowest BCUT2D eigenvalue weighted by Crippen LogP contribution is -2.26. The van der Waals surface area contributed by atoms with E-state index in [0.717, 1.165) is 12.1 Å². The maximum Gasteiger partial charge on any atom is 0.141 e. The van der Waals surface area contributed by atoms with E-state index in [2.05, 4.69) is 10.3 Å². The van der Waals surface area contributed by atoms with Crippen LogP contribution in [0.4, 0.5) is 4.39 Å². The largest absolute Gasteiger partial charge is 0.394 e. The second-order valence-corrected chi connectivity index (χ2v) is 3.65. The SMILES string of the molecule is CCC(NCCOCCO)c1ccc(F)cn1. The molecule has 0 aromatic carbocycles. The molecule has 0 saturated heterocycles. The Labute approximate surface area is 101 Å². The van der Waals surface area contributed by atoms with Crippen molar-refractivity contribution in [2.24, 2.45) is 0 Å². The smallest absolute Gasteiger partial charge is 0.141 e. The van der Waals surface area contributed by atoms with Gasteiger partial charge in [-0.05, 0) is 18.6 Å². The highest BCUT2D eigenvalue weighted by Crippen LogP contribution is 2.13. The molecule has 2 N–H and O–H groups in total. The molecule has 0 aliphatic rings. The number of aliphatic hydroxyl groups is 1. The summed E-state index contributed by atoms with van der Waals surface area (Å²) in [6.45, 7) is 3.65. The normalized spacial score (nSPS) is 12.6. The van der Waals surface area contributed by atoms with Gasteiger partial charge in [-0.1, -0.05) is 6.92 Å². The lowest BCUT2D eigenvalue weighted by Gasteiger charge is -2.16. The van der Waals surface area contributed by atoms with Gasteiger partial charge in [0.25, 0.3) is 0 Å². The third kappa shape index (κ3) is 5.21. The fourth-order valence-electron chi connectivity index (χ4n) is 1.52. The van der Waals surface area contributed by atoms with Crippen LogP contribution in [0.15, 0.2) is 18.3 Å². The zero-order valence-corrected chi connectivity index (χ0v) is 10.0. The van der Waals surface area contributed by atoms with E-state index in [1.807, 2.05) is 6.92 Å². The molecule has 0 aliphatic heterocycles. The van der Waals surface area contributed by atoms with Crippen molar-refractivity contribution in [3.05, 3.63) is 29.8 Å². The summed E-state index contributed by atoms with van der Waals surface area (Å²) in [4.78, 5) is 4.05. The molecule has 0 saturated carbocycles. The summed E-state index contributed by atoms with van der Waals surface area (Å²) in [5, 5.41) is 11.8. The molecule has 1 atom stereocenters. The Morgan fingerprint density at radius 3 is 2.88 bits per heavy atom. The maximum absolute atomic E-state index is 12.7. The Kier molecular flexibility index (Phi) is 6.69. The molecule has 0 fully saturated rings. The highest BCUT2D eigenvalue weighted by Gasteiger charge is 2.09. The molecular weight excluding hydrogens is 223 g/mol. The molecule has 5 heteroatoms. The van der Waals surface area contributed by atoms with E-state index in [9.17, 15) is 4.39 Å². The number of hydrogen-bond donors (Lipinski definition) is 2. The van der Waals surface area contributed by atoms with Crippen LogP contribution >= 0.6 is 0 Å². The van der Waals surface area contributed by atoms with Gasteiger partial charge in [0, 0.05) is 12.6 Å². The minimum Gasteiger partial charge on any atom is -0.394 e. The van der Waals surface area contributed by atoms with Crippen LogP contribution in [0.1, 0.15) is 25.1 Å². The molecule has 0 bridgehead atoms. The molecule has 1 aromatic rings. The topological polar surface area (TPSA) is 54.4 Å². The van der Waals surface area contributed by atoms with E-state index >= 15 is 0 Å². The maximum atomic E-state index is 12.7. The van der Waals surface area contributed by atoms with Gasteiger partial charge in [0.1, 0.15) is 5.82 Å². The standard InChI is InChI=1S/C12H19FN2O2/c1-2-11(14-5-7-17-8-6-16)12-4-3-10(13)9-15-12/h3-4,9,11,14,16H,2,5-8H2,1H3. The molecular formula is C12H19FN2O2. The first-order valence-corrected chi connectivity index (χ1v) is 5.81. The first kappa shape index (κ1) is 14.0. The summed E-state index contributed by atoms with van der Waals surface area (Å²) in [6.07, 6.45) is 2.10. The molecule has 0 amide bonds. The second-order valence-electron chi connectivity index (χ2n) is 3.65. The number of nitrogens with one attached hydrogen (secondary N) is 1. The van der Waals surface area contributed by atoms with Gasteiger partial charge < -0.3 is 15.2 Å². The van der Waals surface area contributed by atoms with Crippen molar-refractivity contribution in [1.29, 1.82) is 0 Å². The van der Waals surface area contributed by atoms with Crippen molar-refractivity contribution >= 4 is 0 Å². The van der Waals surface area contributed by atoms with Crippen molar-refractivity contribution in [3.63, 3.8) is 0 Å². The summed E-state index contributed by atoms with van der Waals surface area (Å²) in [5.74, 6) is -0.324. The van der Waals surface area contributed by atoms with Crippen molar-refractivity contribution in [2.75, 3.05) is 26.4 Å². The van der Waals surface area contributed by atoms with E-state index in [-0.39, 0.29) is 18.5 Å². The van der Waals surface area contributed by atoms with Crippen molar-refractivity contribution in [1.82, 2.24) is 10.3 Å². The van der Waals surface area contributed by atoms with Gasteiger partial charge in [0.05, 0.1) is 31.7 Å². The quantitative estimate of drug-likeness (QED) is 0.674. The predicted molar refractivity (Wildman–Crippen MR) is 63.1 cm³/mol. The van der Waals surface area contributed by atoms with Crippen LogP contribution in [0, 0.1) is 5.82 Å². The third-order valence-electron chi connectivity index (χ3n) is 2.39. The number of ether oxygens (including phenoxy) is 1. The van der Waals surface area contributed by atoms with Gasteiger partial charge in [0.15, 0.2) is 0 Å². The molecule has 0 radical (unpaired) electrons. The Hall–Kier alpha value is -1.04. The number of aromatic nitrogens is 1. The van der Waals surface area contributed by atoms with E-state index < -0.39 is 0 Å². The zero-order chi connectivity index (χ0) is 12.5. The third-order valence-corrected chi connectivity index (χ3v) is 2.39. The summed E-state index contributed by atoms with van der Waals surface area (Å²) in [7, 11) is 0. The monoisotopic (exact) mass is 242 g/mol. The van der Waals surface area contributed by atoms with Crippen LogP contribution in [-0.2, 0) is 4.74 Å². The molecule has 0 spiro atoms. The van der Waals surface area contributed by atoms with Gasteiger partial charge in [-0.15, -0.1) is 0 Å². The lowest BCUT2D eigenvalue weighted by molar-refractivity contribution is 0.0924. The predicted octanol–water partition coefficient (Wildman–Crippen LogP) is 1.27. The number of aliphatic hydroxyl groups excluding tert-OH is 1. The van der Waals surface area contributed by atoms with Crippen LogP contribution in [0.25, 0.3) is 0 Å². The van der Waals surface area contributed by atoms with Gasteiger partial charge in [-0.25, -0.2) is 4.39 Å². The molecule has 1 heterocycles. The Morgan fingerprint density at radius 2 is 2.29 bits per heavy atom. The molecule has 1 aromatic heterocycles. The highest BCUT2D eigenvalue weighted by molar-refractivity contribution is 5.09. The van der Waals surface area contributed by atoms with Gasteiger partial charge in [0.2, 0.25) is 0 Å². The van der Waals surface area contributed by atoms with Gasteiger partial charge in [-0.2, -0.15) is 0 Å². The van der Waals surface area contributed by atoms with Crippen LogP contribution in [0.3, 0.4) is 0 Å². The molecule has 4 nitrogen and oxygen atoms in total. The molecule has 0 aliphatic carbocycles. The fraction of sp³-hybridized carbons (Fsp3) is 0.583. The molecule has 1 unspecified atom stereocenters. The number of rotatable bonds is 8. The average molecular weight is 242 g/mol. The van der Waals surface area contributed by atoms with Crippen LogP contribution in [-0.4, -0.2) is 36.5 Å². The van der Waals surface area contributed by atoms with Crippen molar-refractivity contribution in [2.45, 2.75) is 19.4 Å². The van der Waals surface area contributed by atoms with E-state index in [4.69, 9.17) is 9.84 Å². The second kappa shape index (κ2) is 8.11. The average Bonchev–Trinajstić information content (AvgIpc) is 2.35. The Balaban J connectivity index is 2.35. The fourth-order valence-corrected chi connectivity index (χ4v) is 1.52. The van der Waals surface area contributed by atoms with Crippen LogP contribution in [0.5, 0.6) is 0 Å². The summed E-state index contributed by atoms with van der Waals surface area (Å²) in [6, 6.07) is 3.20. The Bertz CT molecular complexity index is 306. The summed E-state index contributed by atoms with van der Waals surface area (Å²) in [5.41, 5.74) is 0.830. The van der Waals surface area contributed by atoms with Crippen LogP contribution < -0.4 is 5.32 Å². The summed E-state index contributed by atoms with van der Waals surface area (Å²) >= 11 is 0. The molecule has 17 heavy (non-hydrogen) atoms. The zero-order valence-electron chi connectivity index (χ0n) is 10.0. The summed E-state index contributed by atoms with van der Waals surface area (Å²) < 4.78 is 17.9. The first-order chi connectivity index (χ1) is 8.27. The number of hydrogen-bond acceptors (Lipinski definition) is 4. The first-order valence-electron chi connectivity index (χ1n) is 5.81. The Morgan fingerprint density at radius 1 is 1.47 bits per heavy atom. The van der Waals surface area contributed by atoms with E-state index in [1.54, 1.807) is 6.07 Å². The minimum absolute atomic E-state index is 0.0384. The molecule has 1 rings (SSSR count). The van der Waals surface area contributed by atoms with Gasteiger partial charge >= 0.3 is 0 Å². The highest BCUT2D eigenvalue weighted by atomic mass is 19.1. The van der Waals surface area contributed by atoms with Crippen molar-refractivity contribution in [3.8, 4) is 0 Å². The number of pyridine rings is 1.